The predicted octanol–water partition coefficient (Wildman–Crippen LogP) is 13.0. The molecule has 4 aromatic carbocycles. The Morgan fingerprint density at radius 1 is 0.769 bits per heavy atom. The average Bonchev–Trinajstić information content (AvgIpc) is 3.60. The number of rotatable bonds is 10. The second kappa shape index (κ2) is 14.1. The van der Waals surface area contributed by atoms with Gasteiger partial charge in [0.1, 0.15) is 17.3 Å². The third kappa shape index (κ3) is 6.89. The van der Waals surface area contributed by atoms with E-state index in [0.717, 1.165) is 45.4 Å². The molecule has 0 aliphatic heterocycles. The van der Waals surface area contributed by atoms with Crippen LogP contribution in [0.4, 0.5) is 0 Å². The van der Waals surface area contributed by atoms with Crippen molar-refractivity contribution in [1.29, 1.82) is 0 Å². The van der Waals surface area contributed by atoms with Crippen LogP contribution in [0.2, 0.25) is 0 Å². The van der Waals surface area contributed by atoms with Crippen molar-refractivity contribution < 1.29 is 4.74 Å². The summed E-state index contributed by atoms with van der Waals surface area (Å²) in [6, 6.07) is 34.8. The topological polar surface area (TPSA) is 44.9 Å². The zero-order valence-corrected chi connectivity index (χ0v) is 32.3. The largest absolute Gasteiger partial charge is 0.457 e. The van der Waals surface area contributed by atoms with Crippen LogP contribution in [0.15, 0.2) is 103 Å². The fourth-order valence-electron chi connectivity index (χ4n) is 7.88. The monoisotopic (exact) mass is 688 g/mol. The number of hydrogen-bond donors (Lipinski definition) is 0. The van der Waals surface area contributed by atoms with E-state index in [1.165, 1.54) is 57.9 Å². The first-order valence-electron chi connectivity index (χ1n) is 18.9. The molecule has 0 aliphatic carbocycles. The Balaban J connectivity index is 1.33. The molecular formula is C47H52N4O. The van der Waals surface area contributed by atoms with Gasteiger partial charge in [0.15, 0.2) is 0 Å². The van der Waals surface area contributed by atoms with Crippen LogP contribution in [-0.2, 0) is 5.41 Å². The molecule has 5 heteroatoms. The van der Waals surface area contributed by atoms with E-state index < -0.39 is 0 Å². The molecule has 0 amide bonds. The SMILES string of the molecule is CCCC(C)CC(C)c1ccc2c(c1)c1ccc(Oc3cc(-n4nc(C)c(-c5ccccc5)c4C)cc(C(C)(C)C)c3)cc1n2-c1cc(C)ccn1. The molecule has 0 radical (unpaired) electrons. The number of benzene rings is 4. The fourth-order valence-corrected chi connectivity index (χ4v) is 7.88. The third-order valence-corrected chi connectivity index (χ3v) is 10.6. The lowest BCUT2D eigenvalue weighted by atomic mass is 9.86. The molecule has 0 fully saturated rings. The van der Waals surface area contributed by atoms with Crippen LogP contribution in [0, 0.1) is 26.7 Å². The smallest absolute Gasteiger partial charge is 0.137 e. The fraction of sp³-hybridized carbons (Fsp3) is 0.319. The lowest BCUT2D eigenvalue weighted by molar-refractivity contribution is 0.449. The summed E-state index contributed by atoms with van der Waals surface area (Å²) < 4.78 is 11.2. The number of nitrogens with zero attached hydrogens (tertiary/aromatic N) is 4. The molecule has 0 N–H and O–H groups in total. The highest BCUT2D eigenvalue weighted by Crippen LogP contribution is 2.39. The minimum absolute atomic E-state index is 0.0944. The van der Waals surface area contributed by atoms with Crippen LogP contribution < -0.4 is 4.74 Å². The Morgan fingerprint density at radius 2 is 1.56 bits per heavy atom. The second-order valence-electron chi connectivity index (χ2n) is 15.9. The van der Waals surface area contributed by atoms with Crippen molar-refractivity contribution in [3.63, 3.8) is 0 Å². The van der Waals surface area contributed by atoms with Crippen LogP contribution in [0.5, 0.6) is 11.5 Å². The molecule has 266 valence electrons. The molecule has 3 heterocycles. The van der Waals surface area contributed by atoms with Gasteiger partial charge in [-0.25, -0.2) is 9.67 Å². The normalized spacial score (nSPS) is 13.2. The van der Waals surface area contributed by atoms with Crippen LogP contribution >= 0.6 is 0 Å². The van der Waals surface area contributed by atoms with Gasteiger partial charge in [-0.1, -0.05) is 90.8 Å². The van der Waals surface area contributed by atoms with E-state index in [2.05, 4.69) is 169 Å². The minimum Gasteiger partial charge on any atom is -0.457 e. The third-order valence-electron chi connectivity index (χ3n) is 10.6. The lowest BCUT2D eigenvalue weighted by Gasteiger charge is -2.22. The van der Waals surface area contributed by atoms with Gasteiger partial charge in [-0.15, -0.1) is 0 Å². The Labute approximate surface area is 309 Å². The summed E-state index contributed by atoms with van der Waals surface area (Å²) in [5.41, 5.74) is 11.3. The van der Waals surface area contributed by atoms with Gasteiger partial charge in [0.05, 0.1) is 22.4 Å². The maximum absolute atomic E-state index is 6.81. The predicted molar refractivity (Wildman–Crippen MR) is 218 cm³/mol. The molecule has 0 aliphatic rings. The van der Waals surface area contributed by atoms with Gasteiger partial charge in [-0.05, 0) is 115 Å². The zero-order valence-electron chi connectivity index (χ0n) is 32.3. The van der Waals surface area contributed by atoms with E-state index in [4.69, 9.17) is 14.8 Å². The molecule has 7 rings (SSSR count). The first-order chi connectivity index (χ1) is 24.9. The molecule has 52 heavy (non-hydrogen) atoms. The highest BCUT2D eigenvalue weighted by Gasteiger charge is 2.21. The number of hydrogen-bond acceptors (Lipinski definition) is 3. The van der Waals surface area contributed by atoms with Crippen molar-refractivity contribution in [3.05, 3.63) is 131 Å². The molecule has 3 aromatic heterocycles. The van der Waals surface area contributed by atoms with Crippen molar-refractivity contribution in [2.24, 2.45) is 5.92 Å². The first kappa shape index (κ1) is 35.3. The molecule has 7 aromatic rings. The van der Waals surface area contributed by atoms with Crippen molar-refractivity contribution in [2.75, 3.05) is 0 Å². The first-order valence-corrected chi connectivity index (χ1v) is 18.9. The molecule has 0 spiro atoms. The maximum Gasteiger partial charge on any atom is 0.137 e. The van der Waals surface area contributed by atoms with Gasteiger partial charge < -0.3 is 4.74 Å². The number of fused-ring (bicyclic) bond motifs is 3. The van der Waals surface area contributed by atoms with Crippen molar-refractivity contribution in [2.45, 2.75) is 92.9 Å². The molecular weight excluding hydrogens is 637 g/mol. The summed E-state index contributed by atoms with van der Waals surface area (Å²) in [6.07, 6.45) is 5.59. The zero-order chi connectivity index (χ0) is 36.7. The minimum atomic E-state index is -0.0944. The van der Waals surface area contributed by atoms with E-state index in [9.17, 15) is 0 Å². The summed E-state index contributed by atoms with van der Waals surface area (Å²) in [4.78, 5) is 4.85. The Bertz CT molecular complexity index is 2370. The Hall–Kier alpha value is -5.16. The van der Waals surface area contributed by atoms with Gasteiger partial charge in [0, 0.05) is 40.4 Å². The van der Waals surface area contributed by atoms with Gasteiger partial charge in [-0.2, -0.15) is 5.10 Å². The van der Waals surface area contributed by atoms with E-state index >= 15 is 0 Å². The molecule has 0 bridgehead atoms. The number of ether oxygens (including phenoxy) is 1. The van der Waals surface area contributed by atoms with E-state index in [0.29, 0.717) is 11.8 Å². The average molecular weight is 689 g/mol. The quantitative estimate of drug-likeness (QED) is 0.144. The van der Waals surface area contributed by atoms with E-state index in [-0.39, 0.29) is 5.41 Å². The number of aromatic nitrogens is 4. The summed E-state index contributed by atoms with van der Waals surface area (Å²) in [5, 5.41) is 7.48. The van der Waals surface area contributed by atoms with E-state index in [1.54, 1.807) is 0 Å². The lowest BCUT2D eigenvalue weighted by Crippen LogP contribution is -2.12. The molecule has 5 nitrogen and oxygen atoms in total. The number of aryl methyl sites for hydroxylation is 2. The molecule has 0 saturated carbocycles. The van der Waals surface area contributed by atoms with Crippen molar-refractivity contribution in [3.8, 4) is 34.1 Å². The Kier molecular flexibility index (Phi) is 9.56. The Morgan fingerprint density at radius 3 is 2.29 bits per heavy atom. The van der Waals surface area contributed by atoms with Gasteiger partial charge in [0.2, 0.25) is 0 Å². The van der Waals surface area contributed by atoms with Crippen molar-refractivity contribution in [1.82, 2.24) is 19.3 Å². The van der Waals surface area contributed by atoms with Gasteiger partial charge >= 0.3 is 0 Å². The highest BCUT2D eigenvalue weighted by atomic mass is 16.5. The highest BCUT2D eigenvalue weighted by molar-refractivity contribution is 6.09. The summed E-state index contributed by atoms with van der Waals surface area (Å²) in [6.45, 7) is 20.1. The van der Waals surface area contributed by atoms with Gasteiger partial charge in [-0.3, -0.25) is 4.57 Å². The van der Waals surface area contributed by atoms with Gasteiger partial charge in [0.25, 0.3) is 0 Å². The number of pyridine rings is 1. The van der Waals surface area contributed by atoms with Crippen LogP contribution in [0.3, 0.4) is 0 Å². The van der Waals surface area contributed by atoms with E-state index in [1.807, 2.05) is 6.20 Å². The van der Waals surface area contributed by atoms with Crippen LogP contribution in [0.25, 0.3) is 44.4 Å². The van der Waals surface area contributed by atoms with Crippen LogP contribution in [-0.4, -0.2) is 19.3 Å². The van der Waals surface area contributed by atoms with Crippen molar-refractivity contribution >= 4 is 21.8 Å². The molecule has 2 unspecified atom stereocenters. The summed E-state index contributed by atoms with van der Waals surface area (Å²) in [7, 11) is 0. The summed E-state index contributed by atoms with van der Waals surface area (Å²) in [5.74, 6) is 3.66. The standard InChI is InChI=1S/C47H52N4O/c1-10-14-30(2)23-32(4)36-17-20-43-42(25-36)41-19-18-39(29-44(41)50(43)45-24-31(3)21-22-48-45)52-40-27-37(47(7,8)9)26-38(28-40)51-34(6)46(33(5)49-51)35-15-12-11-13-16-35/h11-13,15-22,24-30,32H,10,14,23H2,1-9H3. The molecule has 2 atom stereocenters. The molecule has 0 saturated heterocycles. The van der Waals surface area contributed by atoms with Crippen LogP contribution in [0.1, 0.15) is 94.8 Å². The summed E-state index contributed by atoms with van der Waals surface area (Å²) >= 11 is 0. The maximum atomic E-state index is 6.81. The second-order valence-corrected chi connectivity index (χ2v) is 15.9.